The number of oxazole rings is 1. The molecule has 0 amide bonds. The monoisotopic (exact) mass is 364 g/mol. The minimum absolute atomic E-state index is 0.251. The number of anilines is 1. The van der Waals surface area contributed by atoms with Gasteiger partial charge in [0.15, 0.2) is 12.2 Å². The third-order valence-electron chi connectivity index (χ3n) is 3.55. The molecule has 0 saturated heterocycles. The van der Waals surface area contributed by atoms with Crippen molar-refractivity contribution in [3.05, 3.63) is 60.6 Å². The van der Waals surface area contributed by atoms with Crippen LogP contribution < -0.4 is 14.8 Å². The van der Waals surface area contributed by atoms with Crippen molar-refractivity contribution in [2.75, 3.05) is 12.4 Å². The Morgan fingerprint density at radius 3 is 2.50 bits per heavy atom. The lowest BCUT2D eigenvalue weighted by molar-refractivity contribution is -0.274. The van der Waals surface area contributed by atoms with Gasteiger partial charge in [-0.1, -0.05) is 12.1 Å². The molecule has 0 spiro atoms. The number of alkyl halides is 3. The second-order valence-electron chi connectivity index (χ2n) is 5.33. The largest absolute Gasteiger partial charge is 0.573 e. The SMILES string of the molecule is COc1cc(NCc2ccc(OC(F)(F)F)cc2)ccc1-c1cnco1. The molecule has 0 atom stereocenters. The van der Waals surface area contributed by atoms with Gasteiger partial charge in [-0.2, -0.15) is 0 Å². The third-order valence-corrected chi connectivity index (χ3v) is 3.55. The maximum atomic E-state index is 12.2. The van der Waals surface area contributed by atoms with Crippen LogP contribution in [0, 0.1) is 0 Å². The highest BCUT2D eigenvalue weighted by Crippen LogP contribution is 2.32. The molecular formula is C18H15F3N2O3. The summed E-state index contributed by atoms with van der Waals surface area (Å²) >= 11 is 0. The van der Waals surface area contributed by atoms with Gasteiger partial charge >= 0.3 is 6.36 Å². The molecular weight excluding hydrogens is 349 g/mol. The van der Waals surface area contributed by atoms with Gasteiger partial charge in [0.2, 0.25) is 0 Å². The summed E-state index contributed by atoms with van der Waals surface area (Å²) in [4.78, 5) is 3.88. The molecule has 0 radical (unpaired) electrons. The van der Waals surface area contributed by atoms with Gasteiger partial charge in [-0.25, -0.2) is 4.98 Å². The Morgan fingerprint density at radius 2 is 1.88 bits per heavy atom. The van der Waals surface area contributed by atoms with Crippen LogP contribution in [0.1, 0.15) is 5.56 Å². The lowest BCUT2D eigenvalue weighted by Gasteiger charge is -2.12. The Hall–Kier alpha value is -3.16. The molecule has 5 nitrogen and oxygen atoms in total. The van der Waals surface area contributed by atoms with Gasteiger partial charge in [0, 0.05) is 18.3 Å². The van der Waals surface area contributed by atoms with Crippen LogP contribution in [0.2, 0.25) is 0 Å². The number of benzene rings is 2. The van der Waals surface area contributed by atoms with Gasteiger partial charge in [-0.15, -0.1) is 13.2 Å². The number of rotatable bonds is 6. The summed E-state index contributed by atoms with van der Waals surface area (Å²) < 4.78 is 51.0. The first-order valence-corrected chi connectivity index (χ1v) is 7.60. The minimum Gasteiger partial charge on any atom is -0.496 e. The molecule has 0 bridgehead atoms. The van der Waals surface area contributed by atoms with Crippen LogP contribution in [0.25, 0.3) is 11.3 Å². The Morgan fingerprint density at radius 1 is 1.12 bits per heavy atom. The summed E-state index contributed by atoms with van der Waals surface area (Å²) in [5.41, 5.74) is 2.36. The maximum absolute atomic E-state index is 12.2. The van der Waals surface area contributed by atoms with E-state index in [9.17, 15) is 13.2 Å². The van der Waals surface area contributed by atoms with Crippen LogP contribution in [0.3, 0.4) is 0 Å². The van der Waals surface area contributed by atoms with E-state index in [4.69, 9.17) is 9.15 Å². The molecule has 0 saturated carbocycles. The van der Waals surface area contributed by atoms with Crippen molar-refractivity contribution in [3.63, 3.8) is 0 Å². The van der Waals surface area contributed by atoms with Gasteiger partial charge in [-0.05, 0) is 29.8 Å². The standard InChI is InChI=1S/C18H15F3N2O3/c1-24-16-8-13(4-7-15(16)17-10-22-11-25-17)23-9-12-2-5-14(6-3-12)26-18(19,20)21/h2-8,10-11,23H,9H2,1H3. The van der Waals surface area contributed by atoms with Crippen LogP contribution in [0.4, 0.5) is 18.9 Å². The van der Waals surface area contributed by atoms with E-state index in [-0.39, 0.29) is 5.75 Å². The van der Waals surface area contributed by atoms with Gasteiger partial charge < -0.3 is 19.2 Å². The fourth-order valence-corrected chi connectivity index (χ4v) is 2.37. The Labute approximate surface area is 147 Å². The van der Waals surface area contributed by atoms with E-state index in [0.717, 1.165) is 16.8 Å². The van der Waals surface area contributed by atoms with Crippen molar-refractivity contribution in [3.8, 4) is 22.8 Å². The molecule has 1 aromatic heterocycles. The van der Waals surface area contributed by atoms with Gasteiger partial charge in [0.1, 0.15) is 11.5 Å². The number of halogens is 3. The summed E-state index contributed by atoms with van der Waals surface area (Å²) in [5, 5.41) is 3.19. The van der Waals surface area contributed by atoms with E-state index in [2.05, 4.69) is 15.0 Å². The minimum atomic E-state index is -4.69. The predicted molar refractivity (Wildman–Crippen MR) is 88.9 cm³/mol. The van der Waals surface area contributed by atoms with Crippen molar-refractivity contribution in [1.82, 2.24) is 4.98 Å². The molecule has 0 aliphatic heterocycles. The van der Waals surface area contributed by atoms with E-state index >= 15 is 0 Å². The number of hydrogen-bond donors (Lipinski definition) is 1. The third kappa shape index (κ3) is 4.47. The second-order valence-corrected chi connectivity index (χ2v) is 5.33. The molecule has 136 valence electrons. The van der Waals surface area contributed by atoms with Gasteiger partial charge in [0.25, 0.3) is 0 Å². The van der Waals surface area contributed by atoms with E-state index in [1.165, 1.54) is 18.5 Å². The quantitative estimate of drug-likeness (QED) is 0.677. The average Bonchev–Trinajstić information content (AvgIpc) is 3.14. The molecule has 2 aromatic carbocycles. The van der Waals surface area contributed by atoms with Gasteiger partial charge in [-0.3, -0.25) is 0 Å². The zero-order valence-electron chi connectivity index (χ0n) is 13.7. The fraction of sp³-hybridized carbons (Fsp3) is 0.167. The van der Waals surface area contributed by atoms with Crippen molar-refractivity contribution in [1.29, 1.82) is 0 Å². The van der Waals surface area contributed by atoms with Crippen LogP contribution in [0.5, 0.6) is 11.5 Å². The molecule has 0 aliphatic carbocycles. The van der Waals surface area contributed by atoms with Crippen molar-refractivity contribution >= 4 is 5.69 Å². The smallest absolute Gasteiger partial charge is 0.496 e. The number of nitrogens with one attached hydrogen (secondary N) is 1. The summed E-state index contributed by atoms with van der Waals surface area (Å²) in [6.07, 6.45) is -1.76. The summed E-state index contributed by atoms with van der Waals surface area (Å²) in [6, 6.07) is 11.2. The van der Waals surface area contributed by atoms with Crippen LogP contribution in [-0.4, -0.2) is 18.5 Å². The number of nitrogens with zero attached hydrogens (tertiary/aromatic N) is 1. The van der Waals surface area contributed by atoms with Crippen LogP contribution in [-0.2, 0) is 6.54 Å². The lowest BCUT2D eigenvalue weighted by Crippen LogP contribution is -2.17. The molecule has 0 fully saturated rings. The number of aromatic nitrogens is 1. The van der Waals surface area contributed by atoms with E-state index in [1.54, 1.807) is 31.5 Å². The molecule has 26 heavy (non-hydrogen) atoms. The first kappa shape index (κ1) is 17.7. The molecule has 1 heterocycles. The van der Waals surface area contributed by atoms with Crippen molar-refractivity contribution in [2.45, 2.75) is 12.9 Å². The van der Waals surface area contributed by atoms with Crippen molar-refractivity contribution < 1.29 is 27.1 Å². The molecule has 3 aromatic rings. The number of ether oxygens (including phenoxy) is 2. The molecule has 3 rings (SSSR count). The first-order chi connectivity index (χ1) is 12.4. The zero-order valence-corrected chi connectivity index (χ0v) is 13.7. The van der Waals surface area contributed by atoms with Crippen LogP contribution >= 0.6 is 0 Å². The number of hydrogen-bond acceptors (Lipinski definition) is 5. The van der Waals surface area contributed by atoms with E-state index < -0.39 is 6.36 Å². The summed E-state index contributed by atoms with van der Waals surface area (Å²) in [6.45, 7) is 0.428. The predicted octanol–water partition coefficient (Wildman–Crippen LogP) is 4.86. The fourth-order valence-electron chi connectivity index (χ4n) is 2.37. The summed E-state index contributed by atoms with van der Waals surface area (Å²) in [7, 11) is 1.55. The zero-order chi connectivity index (χ0) is 18.6. The highest BCUT2D eigenvalue weighted by Gasteiger charge is 2.30. The maximum Gasteiger partial charge on any atom is 0.573 e. The molecule has 8 heteroatoms. The average molecular weight is 364 g/mol. The molecule has 1 N–H and O–H groups in total. The lowest BCUT2D eigenvalue weighted by atomic mass is 10.1. The highest BCUT2D eigenvalue weighted by atomic mass is 19.4. The van der Waals surface area contributed by atoms with E-state index in [1.807, 2.05) is 12.1 Å². The van der Waals surface area contributed by atoms with Crippen molar-refractivity contribution in [2.24, 2.45) is 0 Å². The molecule has 0 unspecified atom stereocenters. The summed E-state index contributed by atoms with van der Waals surface area (Å²) in [5.74, 6) is 0.952. The van der Waals surface area contributed by atoms with E-state index in [0.29, 0.717) is 18.1 Å². The van der Waals surface area contributed by atoms with Gasteiger partial charge in [0.05, 0.1) is 18.9 Å². The Kier molecular flexibility index (Phi) is 5.01. The normalized spacial score (nSPS) is 11.2. The first-order valence-electron chi connectivity index (χ1n) is 7.60. The highest BCUT2D eigenvalue weighted by molar-refractivity contribution is 5.69. The topological polar surface area (TPSA) is 56.5 Å². The van der Waals surface area contributed by atoms with Crippen LogP contribution in [0.15, 0.2) is 59.5 Å². The molecule has 0 aliphatic rings. The second kappa shape index (κ2) is 7.38. The number of methoxy groups -OCH3 is 1. The Bertz CT molecular complexity index is 847. The Balaban J connectivity index is 1.66.